The number of carbonyl (C=O) groups is 3. The Bertz CT molecular complexity index is 864. The fraction of sp³-hybridized carbons (Fsp3) is 0.654. The van der Waals surface area contributed by atoms with Crippen LogP contribution in [0, 0.1) is 11.8 Å². The predicted molar refractivity (Wildman–Crippen MR) is 131 cm³/mol. The van der Waals surface area contributed by atoms with Crippen LogP contribution in [0.4, 0.5) is 4.79 Å². The van der Waals surface area contributed by atoms with E-state index in [2.05, 4.69) is 10.6 Å². The highest BCUT2D eigenvalue weighted by atomic mass is 16.6. The zero-order valence-electron chi connectivity index (χ0n) is 21.6. The largest absolute Gasteiger partial charge is 0.508 e. The van der Waals surface area contributed by atoms with Crippen LogP contribution in [-0.2, 0) is 14.3 Å². The van der Waals surface area contributed by atoms with Crippen molar-refractivity contribution in [3.05, 3.63) is 29.8 Å². The molecule has 3 amide bonds. The molecule has 1 aromatic rings. The van der Waals surface area contributed by atoms with Gasteiger partial charge in [-0.3, -0.25) is 9.59 Å². The van der Waals surface area contributed by atoms with Gasteiger partial charge < -0.3 is 25.4 Å². The van der Waals surface area contributed by atoms with E-state index in [1.54, 1.807) is 37.8 Å². The molecule has 8 nitrogen and oxygen atoms in total. The van der Waals surface area contributed by atoms with Gasteiger partial charge in [-0.1, -0.05) is 46.2 Å². The highest BCUT2D eigenvalue weighted by Crippen LogP contribution is 2.41. The number of carbonyl (C=O) groups excluding carboxylic acids is 3. The smallest absolute Gasteiger partial charge is 0.408 e. The summed E-state index contributed by atoms with van der Waals surface area (Å²) in [4.78, 5) is 41.5. The SMILES string of the molecule is CCCCNC(=O)C(c1cccc(O)c1)N(C(=O)C(NC(=O)OC(C)(C)C)C(C)C)C1CC1C. The molecule has 3 N–H and O–H groups in total. The van der Waals surface area contributed by atoms with Crippen LogP contribution in [0.25, 0.3) is 0 Å². The third-order valence-electron chi connectivity index (χ3n) is 5.83. The molecule has 4 atom stereocenters. The second-order valence-corrected chi connectivity index (χ2v) is 10.5. The van der Waals surface area contributed by atoms with Crippen molar-refractivity contribution in [2.45, 2.75) is 91.5 Å². The molecule has 0 aliphatic heterocycles. The number of phenolic OH excluding ortho intramolecular Hbond substituents is 1. The number of phenols is 1. The van der Waals surface area contributed by atoms with Gasteiger partial charge in [-0.2, -0.15) is 0 Å². The second-order valence-electron chi connectivity index (χ2n) is 10.5. The van der Waals surface area contributed by atoms with E-state index >= 15 is 0 Å². The molecule has 0 radical (unpaired) electrons. The monoisotopic (exact) mass is 475 g/mol. The summed E-state index contributed by atoms with van der Waals surface area (Å²) in [5.74, 6) is -0.626. The van der Waals surface area contributed by atoms with Crippen molar-refractivity contribution >= 4 is 17.9 Å². The Morgan fingerprint density at radius 2 is 1.88 bits per heavy atom. The second kappa shape index (κ2) is 11.6. The van der Waals surface area contributed by atoms with Gasteiger partial charge in [0.2, 0.25) is 11.8 Å². The van der Waals surface area contributed by atoms with Crippen molar-refractivity contribution in [3.63, 3.8) is 0 Å². The minimum Gasteiger partial charge on any atom is -0.508 e. The number of amides is 3. The first kappa shape index (κ1) is 27.5. The topological polar surface area (TPSA) is 108 Å². The number of benzene rings is 1. The Hall–Kier alpha value is -2.77. The zero-order chi connectivity index (χ0) is 25.6. The van der Waals surface area contributed by atoms with Crippen molar-refractivity contribution in [1.82, 2.24) is 15.5 Å². The lowest BCUT2D eigenvalue weighted by molar-refractivity contribution is -0.144. The van der Waals surface area contributed by atoms with Crippen molar-refractivity contribution < 1.29 is 24.2 Å². The highest BCUT2D eigenvalue weighted by Gasteiger charge is 2.48. The van der Waals surface area contributed by atoms with Crippen molar-refractivity contribution in [3.8, 4) is 5.75 Å². The van der Waals surface area contributed by atoms with E-state index in [9.17, 15) is 19.5 Å². The molecule has 0 aromatic heterocycles. The number of nitrogens with one attached hydrogen (secondary N) is 2. The number of rotatable bonds is 10. The fourth-order valence-electron chi connectivity index (χ4n) is 3.90. The Kier molecular flexibility index (Phi) is 9.36. The molecule has 0 saturated heterocycles. The van der Waals surface area contributed by atoms with E-state index in [-0.39, 0.29) is 35.4 Å². The number of aromatic hydroxyl groups is 1. The van der Waals surface area contributed by atoms with Gasteiger partial charge in [0.25, 0.3) is 0 Å². The molecule has 0 spiro atoms. The number of nitrogens with zero attached hydrogens (tertiary/aromatic N) is 1. The van der Waals surface area contributed by atoms with Gasteiger partial charge in [0.15, 0.2) is 0 Å². The lowest BCUT2D eigenvalue weighted by Gasteiger charge is -2.36. The van der Waals surface area contributed by atoms with Crippen molar-refractivity contribution in [2.24, 2.45) is 11.8 Å². The molecule has 1 aliphatic rings. The number of ether oxygens (including phenoxy) is 1. The van der Waals surface area contributed by atoms with E-state index in [0.29, 0.717) is 12.1 Å². The van der Waals surface area contributed by atoms with E-state index in [1.165, 1.54) is 12.1 Å². The zero-order valence-corrected chi connectivity index (χ0v) is 21.6. The lowest BCUT2D eigenvalue weighted by atomic mass is 9.98. The molecule has 0 heterocycles. The molecule has 190 valence electrons. The van der Waals surface area contributed by atoms with Crippen LogP contribution < -0.4 is 10.6 Å². The van der Waals surface area contributed by atoms with Gasteiger partial charge in [0.05, 0.1) is 0 Å². The average Bonchev–Trinajstić information content (AvgIpc) is 3.44. The van der Waals surface area contributed by atoms with Crippen LogP contribution in [0.5, 0.6) is 5.75 Å². The molecule has 2 rings (SSSR count). The predicted octanol–water partition coefficient (Wildman–Crippen LogP) is 4.14. The minimum absolute atomic E-state index is 0.0207. The Morgan fingerprint density at radius 1 is 1.24 bits per heavy atom. The van der Waals surface area contributed by atoms with Gasteiger partial charge >= 0.3 is 6.09 Å². The molecule has 1 aliphatic carbocycles. The Morgan fingerprint density at radius 3 is 2.38 bits per heavy atom. The highest BCUT2D eigenvalue weighted by molar-refractivity contribution is 5.92. The van der Waals surface area contributed by atoms with Gasteiger partial charge in [0, 0.05) is 12.6 Å². The molecule has 34 heavy (non-hydrogen) atoms. The first-order valence-electron chi connectivity index (χ1n) is 12.2. The summed E-state index contributed by atoms with van der Waals surface area (Å²) in [5, 5.41) is 15.8. The van der Waals surface area contributed by atoms with E-state index in [1.807, 2.05) is 27.7 Å². The maximum atomic E-state index is 14.0. The van der Waals surface area contributed by atoms with Crippen LogP contribution >= 0.6 is 0 Å². The summed E-state index contributed by atoms with van der Waals surface area (Å²) >= 11 is 0. The van der Waals surface area contributed by atoms with Crippen LogP contribution in [-0.4, -0.2) is 52.1 Å². The van der Waals surface area contributed by atoms with Gasteiger partial charge in [-0.05, 0) is 63.1 Å². The number of alkyl carbamates (subject to hydrolysis) is 1. The molecule has 1 fully saturated rings. The number of hydrogen-bond acceptors (Lipinski definition) is 5. The van der Waals surface area contributed by atoms with E-state index in [0.717, 1.165) is 19.3 Å². The quantitative estimate of drug-likeness (QED) is 0.441. The summed E-state index contributed by atoms with van der Waals surface area (Å²) in [7, 11) is 0. The maximum Gasteiger partial charge on any atom is 0.408 e. The van der Waals surface area contributed by atoms with Crippen LogP contribution in [0.15, 0.2) is 24.3 Å². The minimum atomic E-state index is -0.923. The Balaban J connectivity index is 2.43. The number of hydrogen-bond donors (Lipinski definition) is 3. The number of unbranched alkanes of at least 4 members (excludes halogenated alkanes) is 1. The lowest BCUT2D eigenvalue weighted by Crippen LogP contribution is -2.55. The molecular formula is C26H41N3O5. The molecule has 1 aromatic carbocycles. The van der Waals surface area contributed by atoms with E-state index in [4.69, 9.17) is 4.74 Å². The third-order valence-corrected chi connectivity index (χ3v) is 5.83. The van der Waals surface area contributed by atoms with Gasteiger partial charge in [-0.25, -0.2) is 4.79 Å². The van der Waals surface area contributed by atoms with Crippen molar-refractivity contribution in [2.75, 3.05) is 6.54 Å². The van der Waals surface area contributed by atoms with Crippen LogP contribution in [0.1, 0.15) is 79.3 Å². The van der Waals surface area contributed by atoms with E-state index < -0.39 is 23.8 Å². The maximum absolute atomic E-state index is 14.0. The molecule has 4 unspecified atom stereocenters. The van der Waals surface area contributed by atoms with Crippen LogP contribution in [0.3, 0.4) is 0 Å². The first-order chi connectivity index (χ1) is 15.9. The fourth-order valence-corrected chi connectivity index (χ4v) is 3.90. The molecule has 0 bridgehead atoms. The summed E-state index contributed by atoms with van der Waals surface area (Å²) in [6, 6.07) is 4.51. The normalized spacial score (nSPS) is 19.2. The van der Waals surface area contributed by atoms with Gasteiger partial charge in [0.1, 0.15) is 23.4 Å². The summed E-state index contributed by atoms with van der Waals surface area (Å²) in [6.07, 6.45) is 1.83. The summed E-state index contributed by atoms with van der Waals surface area (Å²) < 4.78 is 5.39. The van der Waals surface area contributed by atoms with Gasteiger partial charge in [-0.15, -0.1) is 0 Å². The molecular weight excluding hydrogens is 434 g/mol. The Labute approximate surface area is 203 Å². The average molecular weight is 476 g/mol. The molecule has 1 saturated carbocycles. The van der Waals surface area contributed by atoms with Crippen LogP contribution in [0.2, 0.25) is 0 Å². The third kappa shape index (κ3) is 7.64. The van der Waals surface area contributed by atoms with Crippen molar-refractivity contribution in [1.29, 1.82) is 0 Å². The molecule has 8 heteroatoms. The summed E-state index contributed by atoms with van der Waals surface area (Å²) in [5.41, 5.74) is -0.177. The first-order valence-corrected chi connectivity index (χ1v) is 12.2. The summed E-state index contributed by atoms with van der Waals surface area (Å²) in [6.45, 7) is 13.5. The standard InChI is InChI=1S/C26H41N3O5/c1-8-9-13-27-23(31)22(18-11-10-12-19(30)15-18)29(20-14-17(20)4)24(32)21(16(2)3)28-25(33)34-26(5,6)7/h10-12,15-17,20-22,30H,8-9,13-14H2,1-7H3,(H,27,31)(H,28,33).